The van der Waals surface area contributed by atoms with Crippen LogP contribution in [0.3, 0.4) is 0 Å². The lowest BCUT2D eigenvalue weighted by atomic mass is 9.85. The minimum atomic E-state index is -0.536. The molecule has 1 unspecified atom stereocenters. The Balaban J connectivity index is 1.72. The molecule has 0 bridgehead atoms. The number of H-pyrrole nitrogens is 1. The summed E-state index contributed by atoms with van der Waals surface area (Å²) in [4.78, 5) is 30.9. The first-order valence-electron chi connectivity index (χ1n) is 8.09. The van der Waals surface area contributed by atoms with Crippen LogP contribution in [0.2, 0.25) is 0 Å². The Bertz CT molecular complexity index is 745. The predicted molar refractivity (Wildman–Crippen MR) is 87.3 cm³/mol. The van der Waals surface area contributed by atoms with Crippen LogP contribution in [0.5, 0.6) is 0 Å². The molecule has 122 valence electrons. The average molecular weight is 315 g/mol. The third-order valence-electron chi connectivity index (χ3n) is 4.58. The van der Waals surface area contributed by atoms with E-state index in [-0.39, 0.29) is 34.9 Å². The van der Waals surface area contributed by atoms with Gasteiger partial charge < -0.3 is 15.4 Å². The van der Waals surface area contributed by atoms with Crippen LogP contribution >= 0.6 is 0 Å². The third kappa shape index (κ3) is 3.42. The number of aromatic nitrogens is 2. The molecule has 0 spiro atoms. The fourth-order valence-corrected chi connectivity index (χ4v) is 3.29. The first-order chi connectivity index (χ1) is 11.2. The molecule has 1 aliphatic rings. The van der Waals surface area contributed by atoms with E-state index in [0.29, 0.717) is 5.52 Å². The molecule has 1 aromatic heterocycles. The van der Waals surface area contributed by atoms with Crippen molar-refractivity contribution in [1.29, 1.82) is 0 Å². The quantitative estimate of drug-likeness (QED) is 0.798. The van der Waals surface area contributed by atoms with Crippen LogP contribution in [-0.4, -0.2) is 33.6 Å². The molecule has 6 heteroatoms. The molecule has 1 aliphatic carbocycles. The number of benzene rings is 1. The summed E-state index contributed by atoms with van der Waals surface area (Å²) in [6.07, 6.45) is 6.30. The van der Waals surface area contributed by atoms with Gasteiger partial charge in [-0.05, 0) is 30.9 Å². The second kappa shape index (κ2) is 6.91. The average Bonchev–Trinajstić information content (AvgIpc) is 2.60. The maximum Gasteiger partial charge on any atom is 0.259 e. The molecule has 3 N–H and O–H groups in total. The summed E-state index contributed by atoms with van der Waals surface area (Å²) in [6, 6.07) is 4.99. The minimum Gasteiger partial charge on any atom is -0.391 e. The minimum absolute atomic E-state index is 0.206. The molecule has 0 saturated heterocycles. The number of aliphatic hydroxyl groups is 1. The third-order valence-corrected chi connectivity index (χ3v) is 4.58. The van der Waals surface area contributed by atoms with Gasteiger partial charge in [-0.25, -0.2) is 4.98 Å². The smallest absolute Gasteiger partial charge is 0.259 e. The second-order valence-corrected chi connectivity index (χ2v) is 6.11. The Morgan fingerprint density at radius 3 is 2.91 bits per heavy atom. The summed E-state index contributed by atoms with van der Waals surface area (Å²) < 4.78 is 0. The molecule has 1 heterocycles. The second-order valence-electron chi connectivity index (χ2n) is 6.11. The molecule has 1 amide bonds. The highest BCUT2D eigenvalue weighted by Crippen LogP contribution is 2.26. The molecule has 0 radical (unpaired) electrons. The summed E-state index contributed by atoms with van der Waals surface area (Å²) in [5, 5.41) is 13.3. The number of rotatable bonds is 4. The van der Waals surface area contributed by atoms with Gasteiger partial charge >= 0.3 is 0 Å². The van der Waals surface area contributed by atoms with Crippen molar-refractivity contribution in [1.82, 2.24) is 15.3 Å². The molecular weight excluding hydrogens is 294 g/mol. The van der Waals surface area contributed by atoms with E-state index in [0.717, 1.165) is 25.7 Å². The van der Waals surface area contributed by atoms with E-state index in [9.17, 15) is 14.7 Å². The van der Waals surface area contributed by atoms with E-state index in [1.54, 1.807) is 18.2 Å². The SMILES string of the molecule is O=C(NCC(O)C1CCCCC1)c1cccc2nc[nH]c(=O)c12. The van der Waals surface area contributed by atoms with Gasteiger partial charge in [-0.2, -0.15) is 0 Å². The fourth-order valence-electron chi connectivity index (χ4n) is 3.29. The van der Waals surface area contributed by atoms with Crippen molar-refractivity contribution in [2.75, 3.05) is 6.54 Å². The highest BCUT2D eigenvalue weighted by Gasteiger charge is 2.22. The first kappa shape index (κ1) is 15.7. The van der Waals surface area contributed by atoms with Crippen molar-refractivity contribution in [3.8, 4) is 0 Å². The highest BCUT2D eigenvalue weighted by molar-refractivity contribution is 6.05. The topological polar surface area (TPSA) is 95.1 Å². The van der Waals surface area contributed by atoms with Gasteiger partial charge in [0.1, 0.15) is 0 Å². The summed E-state index contributed by atoms with van der Waals surface area (Å²) in [7, 11) is 0. The highest BCUT2D eigenvalue weighted by atomic mass is 16.3. The van der Waals surface area contributed by atoms with Crippen LogP contribution in [0.1, 0.15) is 42.5 Å². The summed E-state index contributed by atoms with van der Waals surface area (Å²) in [5.74, 6) is -0.106. The van der Waals surface area contributed by atoms with Crippen LogP contribution in [0, 0.1) is 5.92 Å². The van der Waals surface area contributed by atoms with Gasteiger partial charge in [0.15, 0.2) is 0 Å². The number of aliphatic hydroxyl groups excluding tert-OH is 1. The molecule has 23 heavy (non-hydrogen) atoms. The van der Waals surface area contributed by atoms with Crippen LogP contribution in [0.4, 0.5) is 0 Å². The number of nitrogens with zero attached hydrogens (tertiary/aromatic N) is 1. The lowest BCUT2D eigenvalue weighted by molar-refractivity contribution is 0.0739. The van der Waals surface area contributed by atoms with E-state index in [1.807, 2.05) is 0 Å². The largest absolute Gasteiger partial charge is 0.391 e. The molecule has 1 aromatic carbocycles. The predicted octanol–water partition coefficient (Wildman–Crippen LogP) is 1.59. The number of fused-ring (bicyclic) bond motifs is 1. The van der Waals surface area contributed by atoms with Crippen molar-refractivity contribution in [3.63, 3.8) is 0 Å². The van der Waals surface area contributed by atoms with Gasteiger partial charge in [0.25, 0.3) is 11.5 Å². The lowest BCUT2D eigenvalue weighted by Crippen LogP contribution is -2.37. The van der Waals surface area contributed by atoms with Crippen molar-refractivity contribution < 1.29 is 9.90 Å². The Labute approximate surface area is 133 Å². The molecule has 3 rings (SSSR count). The fraction of sp³-hybridized carbons (Fsp3) is 0.471. The zero-order chi connectivity index (χ0) is 16.2. The van der Waals surface area contributed by atoms with Crippen LogP contribution in [0.15, 0.2) is 29.3 Å². The normalized spacial score (nSPS) is 17.1. The number of hydrogen-bond acceptors (Lipinski definition) is 4. The number of hydrogen-bond donors (Lipinski definition) is 3. The standard InChI is InChI=1S/C17H21N3O3/c21-14(11-5-2-1-3-6-11)9-18-16(22)12-7-4-8-13-15(12)17(23)20-10-19-13/h4,7-8,10-11,14,21H,1-3,5-6,9H2,(H,18,22)(H,19,20,23). The molecule has 0 aliphatic heterocycles. The van der Waals surface area contributed by atoms with Gasteiger partial charge in [-0.1, -0.05) is 25.3 Å². The van der Waals surface area contributed by atoms with E-state index in [2.05, 4.69) is 15.3 Å². The Kier molecular flexibility index (Phi) is 4.71. The summed E-state index contributed by atoms with van der Waals surface area (Å²) in [6.45, 7) is 0.206. The molecule has 1 saturated carbocycles. The van der Waals surface area contributed by atoms with Gasteiger partial charge in [-0.3, -0.25) is 9.59 Å². The van der Waals surface area contributed by atoms with E-state index in [4.69, 9.17) is 0 Å². The molecule has 2 aromatic rings. The van der Waals surface area contributed by atoms with Gasteiger partial charge in [0, 0.05) is 6.54 Å². The van der Waals surface area contributed by atoms with Crippen LogP contribution < -0.4 is 10.9 Å². The monoisotopic (exact) mass is 315 g/mol. The maximum atomic E-state index is 12.4. The van der Waals surface area contributed by atoms with Gasteiger partial charge in [-0.15, -0.1) is 0 Å². The zero-order valence-electron chi connectivity index (χ0n) is 12.9. The van der Waals surface area contributed by atoms with Crippen molar-refractivity contribution in [2.24, 2.45) is 5.92 Å². The Morgan fingerprint density at radius 1 is 1.35 bits per heavy atom. The van der Waals surface area contributed by atoms with Crippen LogP contribution in [0.25, 0.3) is 10.9 Å². The van der Waals surface area contributed by atoms with E-state index in [1.165, 1.54) is 12.7 Å². The maximum absolute atomic E-state index is 12.4. The number of amides is 1. The molecule has 1 atom stereocenters. The first-order valence-corrected chi connectivity index (χ1v) is 8.09. The van der Waals surface area contributed by atoms with E-state index >= 15 is 0 Å². The Morgan fingerprint density at radius 2 is 2.13 bits per heavy atom. The zero-order valence-corrected chi connectivity index (χ0v) is 12.9. The number of aromatic amines is 1. The van der Waals surface area contributed by atoms with Crippen molar-refractivity contribution in [2.45, 2.75) is 38.2 Å². The molecule has 6 nitrogen and oxygen atoms in total. The summed E-state index contributed by atoms with van der Waals surface area (Å²) >= 11 is 0. The van der Waals surface area contributed by atoms with Gasteiger partial charge in [0.2, 0.25) is 0 Å². The summed E-state index contributed by atoms with van der Waals surface area (Å²) in [5.41, 5.74) is 0.426. The number of carbonyl (C=O) groups excluding carboxylic acids is 1. The van der Waals surface area contributed by atoms with Gasteiger partial charge in [0.05, 0.1) is 28.9 Å². The lowest BCUT2D eigenvalue weighted by Gasteiger charge is -2.26. The van der Waals surface area contributed by atoms with E-state index < -0.39 is 6.10 Å². The number of nitrogens with one attached hydrogen (secondary N) is 2. The molecular formula is C17H21N3O3. The molecule has 1 fully saturated rings. The number of carbonyl (C=O) groups is 1. The van der Waals surface area contributed by atoms with Crippen molar-refractivity contribution in [3.05, 3.63) is 40.4 Å². The van der Waals surface area contributed by atoms with Crippen LogP contribution in [-0.2, 0) is 0 Å². The Hall–Kier alpha value is -2.21. The van der Waals surface area contributed by atoms with Crippen molar-refractivity contribution >= 4 is 16.8 Å².